The third-order valence-electron chi connectivity index (χ3n) is 3.18. The van der Waals surface area contributed by atoms with Crippen LogP contribution in [0.3, 0.4) is 0 Å². The van der Waals surface area contributed by atoms with Gasteiger partial charge in [0.15, 0.2) is 11.5 Å². The maximum Gasteiger partial charge on any atom is 0.271 e. The second kappa shape index (κ2) is 6.55. The quantitative estimate of drug-likeness (QED) is 0.520. The number of hydrogen-bond donors (Lipinski definition) is 1. The number of nitrogens with zero attached hydrogens (tertiary/aromatic N) is 2. The molecule has 2 aromatic carbocycles. The summed E-state index contributed by atoms with van der Waals surface area (Å²) in [6.07, 6.45) is 1.35. The van der Waals surface area contributed by atoms with E-state index in [0.29, 0.717) is 22.1 Å². The van der Waals surface area contributed by atoms with Gasteiger partial charge >= 0.3 is 0 Å². The number of non-ortho nitro benzene ring substituents is 1. The number of carbonyl (C=O) groups is 1. The number of nitro groups is 1. The first-order valence-corrected chi connectivity index (χ1v) is 7.09. The van der Waals surface area contributed by atoms with Gasteiger partial charge in [0.25, 0.3) is 11.6 Å². The standard InChI is InChI=1S/C15H10ClN3O5/c16-12-6-14-13(23-8-24-14)5-10(12)7-17-18-15(20)9-2-1-3-11(4-9)19(21)22/h1-7H,8H2,(H,18,20)/b17-7+. The van der Waals surface area contributed by atoms with Crippen LogP contribution in [0.1, 0.15) is 15.9 Å². The first kappa shape index (κ1) is 15.8. The van der Waals surface area contributed by atoms with Crippen molar-refractivity contribution in [1.29, 1.82) is 0 Å². The van der Waals surface area contributed by atoms with E-state index in [2.05, 4.69) is 10.5 Å². The molecule has 1 aliphatic rings. The summed E-state index contributed by atoms with van der Waals surface area (Å²) in [7, 11) is 0. The number of nitro benzene ring substituents is 1. The van der Waals surface area contributed by atoms with Crippen LogP contribution in [0.4, 0.5) is 5.69 Å². The molecule has 0 radical (unpaired) electrons. The Kier molecular flexibility index (Phi) is 4.30. The molecule has 1 aliphatic heterocycles. The molecule has 0 saturated carbocycles. The SMILES string of the molecule is O=C(N/N=C/c1cc2c(cc1Cl)OCO2)c1cccc([N+](=O)[O-])c1. The number of amides is 1. The summed E-state index contributed by atoms with van der Waals surface area (Å²) in [5, 5.41) is 14.9. The molecule has 0 atom stereocenters. The lowest BCUT2D eigenvalue weighted by Gasteiger charge is -2.02. The minimum atomic E-state index is -0.577. The second-order valence-electron chi connectivity index (χ2n) is 4.73. The first-order chi connectivity index (χ1) is 11.5. The van der Waals surface area contributed by atoms with E-state index in [4.69, 9.17) is 21.1 Å². The zero-order valence-corrected chi connectivity index (χ0v) is 12.8. The lowest BCUT2D eigenvalue weighted by atomic mass is 10.2. The number of halogens is 1. The largest absolute Gasteiger partial charge is 0.454 e. The predicted octanol–water partition coefficient (Wildman–Crippen LogP) is 2.74. The fourth-order valence-electron chi connectivity index (χ4n) is 2.02. The Morgan fingerprint density at radius 1 is 1.29 bits per heavy atom. The van der Waals surface area contributed by atoms with Crippen LogP contribution in [-0.2, 0) is 0 Å². The van der Waals surface area contributed by atoms with Gasteiger partial charge in [-0.15, -0.1) is 0 Å². The third-order valence-corrected chi connectivity index (χ3v) is 3.51. The van der Waals surface area contributed by atoms with Crippen molar-refractivity contribution in [2.45, 2.75) is 0 Å². The lowest BCUT2D eigenvalue weighted by molar-refractivity contribution is -0.384. The van der Waals surface area contributed by atoms with Crippen LogP contribution < -0.4 is 14.9 Å². The molecule has 3 rings (SSSR count). The average molecular weight is 348 g/mol. The van der Waals surface area contributed by atoms with Crippen molar-refractivity contribution in [1.82, 2.24) is 5.43 Å². The van der Waals surface area contributed by atoms with Gasteiger partial charge in [0, 0.05) is 29.3 Å². The van der Waals surface area contributed by atoms with Crippen LogP contribution in [0.15, 0.2) is 41.5 Å². The van der Waals surface area contributed by atoms with Crippen molar-refractivity contribution >= 4 is 29.4 Å². The molecule has 122 valence electrons. The van der Waals surface area contributed by atoms with Crippen LogP contribution in [0.5, 0.6) is 11.5 Å². The maximum atomic E-state index is 12.0. The molecular formula is C15H10ClN3O5. The van der Waals surface area contributed by atoms with E-state index >= 15 is 0 Å². The molecule has 2 aromatic rings. The van der Waals surface area contributed by atoms with E-state index in [1.54, 1.807) is 12.1 Å². The van der Waals surface area contributed by atoms with E-state index in [0.717, 1.165) is 0 Å². The molecule has 24 heavy (non-hydrogen) atoms. The van der Waals surface area contributed by atoms with Crippen LogP contribution in [-0.4, -0.2) is 23.8 Å². The van der Waals surface area contributed by atoms with Gasteiger partial charge in [0.05, 0.1) is 16.2 Å². The Bertz CT molecular complexity index is 853. The van der Waals surface area contributed by atoms with E-state index in [9.17, 15) is 14.9 Å². The van der Waals surface area contributed by atoms with Gasteiger partial charge < -0.3 is 9.47 Å². The molecule has 1 N–H and O–H groups in total. The molecule has 9 heteroatoms. The Morgan fingerprint density at radius 2 is 2.04 bits per heavy atom. The van der Waals surface area contributed by atoms with Crippen LogP contribution in [0.2, 0.25) is 5.02 Å². The smallest absolute Gasteiger partial charge is 0.271 e. The number of hydrazone groups is 1. The Morgan fingerprint density at radius 3 is 2.79 bits per heavy atom. The zero-order valence-electron chi connectivity index (χ0n) is 12.1. The summed E-state index contributed by atoms with van der Waals surface area (Å²) >= 11 is 6.08. The van der Waals surface area contributed by atoms with Gasteiger partial charge in [-0.2, -0.15) is 5.10 Å². The molecule has 0 bridgehead atoms. The number of rotatable bonds is 4. The van der Waals surface area contributed by atoms with Crippen LogP contribution >= 0.6 is 11.6 Å². The Balaban J connectivity index is 1.71. The van der Waals surface area contributed by atoms with Crippen molar-refractivity contribution in [3.05, 3.63) is 62.7 Å². The monoisotopic (exact) mass is 347 g/mol. The zero-order chi connectivity index (χ0) is 17.1. The fourth-order valence-corrected chi connectivity index (χ4v) is 2.22. The van der Waals surface area contributed by atoms with Crippen molar-refractivity contribution in [2.75, 3.05) is 6.79 Å². The minimum absolute atomic E-state index is 0.121. The molecular weight excluding hydrogens is 338 g/mol. The van der Waals surface area contributed by atoms with Gasteiger partial charge in [-0.25, -0.2) is 5.43 Å². The Labute approximate surface area is 140 Å². The number of nitrogens with one attached hydrogen (secondary N) is 1. The van der Waals surface area contributed by atoms with Crippen LogP contribution in [0, 0.1) is 10.1 Å². The van der Waals surface area contributed by atoms with Crippen LogP contribution in [0.25, 0.3) is 0 Å². The molecule has 0 unspecified atom stereocenters. The van der Waals surface area contributed by atoms with Gasteiger partial charge in [-0.05, 0) is 12.1 Å². The molecule has 0 aromatic heterocycles. The lowest BCUT2D eigenvalue weighted by Crippen LogP contribution is -2.17. The van der Waals surface area contributed by atoms with E-state index < -0.39 is 10.8 Å². The van der Waals surface area contributed by atoms with Gasteiger partial charge in [0.1, 0.15) is 0 Å². The molecule has 1 amide bonds. The number of carbonyl (C=O) groups excluding carboxylic acids is 1. The summed E-state index contributed by atoms with van der Waals surface area (Å²) in [4.78, 5) is 22.1. The highest BCUT2D eigenvalue weighted by molar-refractivity contribution is 6.33. The minimum Gasteiger partial charge on any atom is -0.454 e. The van der Waals surface area contributed by atoms with Gasteiger partial charge in [0.2, 0.25) is 6.79 Å². The number of hydrogen-bond acceptors (Lipinski definition) is 6. The van der Waals surface area contributed by atoms with E-state index in [1.807, 2.05) is 0 Å². The van der Waals surface area contributed by atoms with Gasteiger partial charge in [-0.1, -0.05) is 17.7 Å². The number of fused-ring (bicyclic) bond motifs is 1. The molecule has 1 heterocycles. The molecule has 0 spiro atoms. The summed E-state index contributed by atoms with van der Waals surface area (Å²) < 4.78 is 10.4. The first-order valence-electron chi connectivity index (χ1n) is 6.71. The average Bonchev–Trinajstić information content (AvgIpc) is 3.02. The predicted molar refractivity (Wildman–Crippen MR) is 85.7 cm³/mol. The maximum absolute atomic E-state index is 12.0. The highest BCUT2D eigenvalue weighted by Gasteiger charge is 2.16. The third kappa shape index (κ3) is 3.28. The fraction of sp³-hybridized carbons (Fsp3) is 0.0667. The summed E-state index contributed by atoms with van der Waals surface area (Å²) in [6, 6.07) is 8.56. The van der Waals surface area contributed by atoms with E-state index in [1.165, 1.54) is 30.5 Å². The summed E-state index contributed by atoms with van der Waals surface area (Å²) in [5.41, 5.74) is 2.76. The van der Waals surface area contributed by atoms with Crippen molar-refractivity contribution in [3.63, 3.8) is 0 Å². The van der Waals surface area contributed by atoms with Gasteiger partial charge in [-0.3, -0.25) is 14.9 Å². The summed E-state index contributed by atoms with van der Waals surface area (Å²) in [6.45, 7) is 0.121. The normalized spacial score (nSPS) is 12.4. The molecule has 0 fully saturated rings. The highest BCUT2D eigenvalue weighted by Crippen LogP contribution is 2.36. The van der Waals surface area contributed by atoms with E-state index in [-0.39, 0.29) is 18.0 Å². The number of ether oxygens (including phenoxy) is 2. The summed E-state index contributed by atoms with van der Waals surface area (Å²) in [5.74, 6) is 0.496. The molecule has 0 aliphatic carbocycles. The Hall–Kier alpha value is -3.13. The van der Waals surface area contributed by atoms with Crippen molar-refractivity contribution in [3.8, 4) is 11.5 Å². The van der Waals surface area contributed by atoms with Crippen molar-refractivity contribution in [2.24, 2.45) is 5.10 Å². The molecule has 0 saturated heterocycles. The number of benzene rings is 2. The van der Waals surface area contributed by atoms with Crippen molar-refractivity contribution < 1.29 is 19.2 Å². The topological polar surface area (TPSA) is 103 Å². The molecule has 8 nitrogen and oxygen atoms in total. The highest BCUT2D eigenvalue weighted by atomic mass is 35.5. The second-order valence-corrected chi connectivity index (χ2v) is 5.14.